The first kappa shape index (κ1) is 15.3. The minimum atomic E-state index is 0.629. The van der Waals surface area contributed by atoms with Crippen molar-refractivity contribution in [3.63, 3.8) is 0 Å². The van der Waals surface area contributed by atoms with Crippen LogP contribution in [0.5, 0.6) is 0 Å². The molecule has 0 heterocycles. The molecule has 4 heteroatoms. The third-order valence-corrected chi connectivity index (χ3v) is 3.50. The Morgan fingerprint density at radius 2 is 2.06 bits per heavy atom. The van der Waals surface area contributed by atoms with E-state index in [9.17, 15) is 0 Å². The van der Waals surface area contributed by atoms with Crippen LogP contribution in [-0.4, -0.2) is 30.0 Å². The summed E-state index contributed by atoms with van der Waals surface area (Å²) in [5.41, 5.74) is 2.82. The summed E-state index contributed by atoms with van der Waals surface area (Å²) < 4.78 is 0. The molecular formula is C14H30N4. The highest BCUT2D eigenvalue weighted by Gasteiger charge is 2.25. The van der Waals surface area contributed by atoms with Gasteiger partial charge in [0, 0.05) is 19.1 Å². The summed E-state index contributed by atoms with van der Waals surface area (Å²) in [7, 11) is 0. The van der Waals surface area contributed by atoms with Crippen molar-refractivity contribution in [2.45, 2.75) is 65.3 Å². The zero-order chi connectivity index (χ0) is 13.4. The van der Waals surface area contributed by atoms with E-state index in [1.165, 1.54) is 32.1 Å². The highest BCUT2D eigenvalue weighted by molar-refractivity contribution is 5.79. The molecule has 0 amide bonds. The summed E-state index contributed by atoms with van der Waals surface area (Å²) >= 11 is 0. The maximum absolute atomic E-state index is 5.68. The van der Waals surface area contributed by atoms with E-state index in [2.05, 4.69) is 36.1 Å². The second-order valence-corrected chi connectivity index (χ2v) is 5.69. The summed E-state index contributed by atoms with van der Waals surface area (Å²) in [5, 5.41) is 0. The van der Waals surface area contributed by atoms with Gasteiger partial charge in [0.05, 0.1) is 0 Å². The highest BCUT2D eigenvalue weighted by Crippen LogP contribution is 2.24. The van der Waals surface area contributed by atoms with Gasteiger partial charge in [0.1, 0.15) is 0 Å². The van der Waals surface area contributed by atoms with Crippen LogP contribution in [0, 0.1) is 5.92 Å². The van der Waals surface area contributed by atoms with Gasteiger partial charge in [-0.3, -0.25) is 10.4 Å². The summed E-state index contributed by atoms with van der Waals surface area (Å²) in [5.74, 6) is 7.20. The number of nitrogens with zero attached hydrogens (tertiary/aromatic N) is 2. The molecule has 106 valence electrons. The number of nitrogens with one attached hydrogen (secondary N) is 1. The minimum absolute atomic E-state index is 0.629. The number of unbranched alkanes of at least 4 members (excludes halogenated alkanes) is 1. The first-order valence-corrected chi connectivity index (χ1v) is 7.46. The van der Waals surface area contributed by atoms with Crippen molar-refractivity contribution in [1.29, 1.82) is 0 Å². The molecule has 4 nitrogen and oxygen atoms in total. The molecule has 0 saturated heterocycles. The van der Waals surface area contributed by atoms with Crippen LogP contribution >= 0.6 is 0 Å². The Balaban J connectivity index is 2.67. The highest BCUT2D eigenvalue weighted by atomic mass is 15.4. The van der Waals surface area contributed by atoms with Gasteiger partial charge in [0.25, 0.3) is 0 Å². The third-order valence-electron chi connectivity index (χ3n) is 3.50. The Kier molecular flexibility index (Phi) is 7.09. The van der Waals surface area contributed by atoms with Crippen LogP contribution in [0.25, 0.3) is 0 Å². The van der Waals surface area contributed by atoms with Gasteiger partial charge in [0.2, 0.25) is 5.96 Å². The topological polar surface area (TPSA) is 53.6 Å². The number of hydrogen-bond donors (Lipinski definition) is 2. The molecule has 0 radical (unpaired) electrons. The zero-order valence-electron chi connectivity index (χ0n) is 12.3. The number of nitrogens with two attached hydrogens (primary N) is 1. The van der Waals surface area contributed by atoms with E-state index in [-0.39, 0.29) is 0 Å². The third kappa shape index (κ3) is 4.84. The number of hydrazine groups is 1. The van der Waals surface area contributed by atoms with Crippen molar-refractivity contribution in [3.8, 4) is 0 Å². The molecule has 0 aromatic rings. The van der Waals surface area contributed by atoms with Crippen molar-refractivity contribution < 1.29 is 0 Å². The van der Waals surface area contributed by atoms with Crippen molar-refractivity contribution >= 4 is 5.96 Å². The van der Waals surface area contributed by atoms with Crippen molar-refractivity contribution in [2.24, 2.45) is 16.8 Å². The quantitative estimate of drug-likeness (QED) is 0.252. The number of hydrogen-bond acceptors (Lipinski definition) is 2. The smallest absolute Gasteiger partial charge is 0.208 e. The molecule has 1 saturated carbocycles. The summed E-state index contributed by atoms with van der Waals surface area (Å²) in [6.45, 7) is 8.61. The number of rotatable bonds is 6. The van der Waals surface area contributed by atoms with E-state index in [0.29, 0.717) is 12.0 Å². The molecule has 1 fully saturated rings. The zero-order valence-corrected chi connectivity index (χ0v) is 12.3. The van der Waals surface area contributed by atoms with Gasteiger partial charge in [-0.1, -0.05) is 40.0 Å². The fraction of sp³-hybridized carbons (Fsp3) is 0.929. The fourth-order valence-electron chi connectivity index (χ4n) is 2.58. The SMILES string of the molecule is CCCCN=C(NN)N(CC(C)C)C1CCCC1. The van der Waals surface area contributed by atoms with Gasteiger partial charge >= 0.3 is 0 Å². The van der Waals surface area contributed by atoms with E-state index < -0.39 is 0 Å². The van der Waals surface area contributed by atoms with Gasteiger partial charge in [-0.05, 0) is 25.2 Å². The maximum Gasteiger partial charge on any atom is 0.208 e. The molecule has 1 aliphatic rings. The van der Waals surface area contributed by atoms with E-state index >= 15 is 0 Å². The average Bonchev–Trinajstić information content (AvgIpc) is 2.86. The summed E-state index contributed by atoms with van der Waals surface area (Å²) in [4.78, 5) is 7.03. The molecule has 1 rings (SSSR count). The lowest BCUT2D eigenvalue weighted by Crippen LogP contribution is -2.50. The summed E-state index contributed by atoms with van der Waals surface area (Å²) in [6.07, 6.45) is 7.54. The molecule has 18 heavy (non-hydrogen) atoms. The average molecular weight is 254 g/mol. The second-order valence-electron chi connectivity index (χ2n) is 5.69. The van der Waals surface area contributed by atoms with Crippen molar-refractivity contribution in [3.05, 3.63) is 0 Å². The Morgan fingerprint density at radius 1 is 1.39 bits per heavy atom. The first-order valence-electron chi connectivity index (χ1n) is 7.46. The van der Waals surface area contributed by atoms with E-state index in [0.717, 1.165) is 25.5 Å². The number of aliphatic imine (C=N–C) groups is 1. The predicted molar refractivity (Wildman–Crippen MR) is 78.3 cm³/mol. The van der Waals surface area contributed by atoms with E-state index in [1.54, 1.807) is 0 Å². The van der Waals surface area contributed by atoms with Gasteiger partial charge in [-0.2, -0.15) is 0 Å². The molecule has 0 aromatic heterocycles. The van der Waals surface area contributed by atoms with Crippen LogP contribution < -0.4 is 11.3 Å². The van der Waals surface area contributed by atoms with E-state index in [4.69, 9.17) is 5.84 Å². The minimum Gasteiger partial charge on any atom is -0.339 e. The molecule has 0 spiro atoms. The molecule has 0 atom stereocenters. The maximum atomic E-state index is 5.68. The lowest BCUT2D eigenvalue weighted by molar-refractivity contribution is 0.273. The molecule has 3 N–H and O–H groups in total. The van der Waals surface area contributed by atoms with Gasteiger partial charge in [-0.25, -0.2) is 5.84 Å². The normalized spacial score (nSPS) is 17.5. The van der Waals surface area contributed by atoms with Gasteiger partial charge in [-0.15, -0.1) is 0 Å². The van der Waals surface area contributed by atoms with Crippen molar-refractivity contribution in [1.82, 2.24) is 10.3 Å². The van der Waals surface area contributed by atoms with Gasteiger partial charge < -0.3 is 4.90 Å². The Hall–Kier alpha value is -0.770. The molecular weight excluding hydrogens is 224 g/mol. The van der Waals surface area contributed by atoms with Crippen LogP contribution in [0.2, 0.25) is 0 Å². The molecule has 0 unspecified atom stereocenters. The predicted octanol–water partition coefficient (Wildman–Crippen LogP) is 2.51. The van der Waals surface area contributed by atoms with Crippen LogP contribution in [0.3, 0.4) is 0 Å². The second kappa shape index (κ2) is 8.35. The summed E-state index contributed by atoms with van der Waals surface area (Å²) in [6, 6.07) is 0.629. The Morgan fingerprint density at radius 3 is 2.56 bits per heavy atom. The van der Waals surface area contributed by atoms with Crippen LogP contribution in [0.4, 0.5) is 0 Å². The molecule has 0 aromatic carbocycles. The van der Waals surface area contributed by atoms with Crippen LogP contribution in [-0.2, 0) is 0 Å². The number of guanidine groups is 1. The van der Waals surface area contributed by atoms with Crippen LogP contribution in [0.15, 0.2) is 4.99 Å². The molecule has 1 aliphatic carbocycles. The van der Waals surface area contributed by atoms with Crippen LogP contribution in [0.1, 0.15) is 59.3 Å². The van der Waals surface area contributed by atoms with Crippen molar-refractivity contribution in [2.75, 3.05) is 13.1 Å². The van der Waals surface area contributed by atoms with Gasteiger partial charge in [0.15, 0.2) is 0 Å². The molecule has 0 aliphatic heterocycles. The van der Waals surface area contributed by atoms with E-state index in [1.807, 2.05) is 0 Å². The fourth-order valence-corrected chi connectivity index (χ4v) is 2.58. The lowest BCUT2D eigenvalue weighted by atomic mass is 10.1. The monoisotopic (exact) mass is 254 g/mol. The lowest BCUT2D eigenvalue weighted by Gasteiger charge is -2.33. The standard InChI is InChI=1S/C14H30N4/c1-4-5-10-16-14(17-15)18(11-12(2)3)13-8-6-7-9-13/h12-13H,4-11,15H2,1-3H3,(H,16,17). The first-order chi connectivity index (χ1) is 8.69. The Bertz CT molecular complexity index is 244. The largest absolute Gasteiger partial charge is 0.339 e. The Labute approximate surface area is 112 Å². The molecule has 0 bridgehead atoms.